The second-order valence-corrected chi connectivity index (χ2v) is 4.74. The number of rotatable bonds is 6. The lowest BCUT2D eigenvalue weighted by molar-refractivity contribution is -0.123. The normalized spacial score (nSPS) is 13.7. The van der Waals surface area contributed by atoms with Gasteiger partial charge >= 0.3 is 0 Å². The molecule has 0 rings (SSSR count). The topological polar surface area (TPSA) is 58.6 Å². The molecular weight excluding hydrogens is 194 g/mol. The van der Waals surface area contributed by atoms with Crippen molar-refractivity contribution >= 4 is 5.91 Å². The van der Waals surface area contributed by atoms with Crippen LogP contribution in [0.4, 0.5) is 0 Å². The van der Waals surface area contributed by atoms with Crippen LogP contribution in [0.25, 0.3) is 0 Å². The van der Waals surface area contributed by atoms with Crippen molar-refractivity contribution in [1.29, 1.82) is 0 Å². The SMILES string of the molecule is COCCC(=O)NC(CCO)C(C)(C)C. The van der Waals surface area contributed by atoms with E-state index in [0.717, 1.165) is 0 Å². The van der Waals surface area contributed by atoms with E-state index in [1.165, 1.54) is 0 Å². The van der Waals surface area contributed by atoms with Crippen LogP contribution in [0.15, 0.2) is 0 Å². The van der Waals surface area contributed by atoms with Gasteiger partial charge in [0.05, 0.1) is 6.61 Å². The number of hydrogen-bond acceptors (Lipinski definition) is 3. The molecule has 0 spiro atoms. The van der Waals surface area contributed by atoms with Gasteiger partial charge in [0.2, 0.25) is 5.91 Å². The van der Waals surface area contributed by atoms with Crippen molar-refractivity contribution in [2.24, 2.45) is 5.41 Å². The molecule has 0 aromatic rings. The van der Waals surface area contributed by atoms with Crippen LogP contribution >= 0.6 is 0 Å². The molecule has 1 atom stereocenters. The quantitative estimate of drug-likeness (QED) is 0.696. The maximum absolute atomic E-state index is 11.5. The minimum absolute atomic E-state index is 0.00635. The number of aliphatic hydroxyl groups is 1. The molecule has 0 aliphatic rings. The highest BCUT2D eigenvalue weighted by Crippen LogP contribution is 2.21. The van der Waals surface area contributed by atoms with Crippen LogP contribution in [0.2, 0.25) is 0 Å². The maximum Gasteiger partial charge on any atom is 0.222 e. The molecule has 0 aliphatic carbocycles. The van der Waals surface area contributed by atoms with E-state index < -0.39 is 0 Å². The van der Waals surface area contributed by atoms with E-state index in [9.17, 15) is 4.79 Å². The van der Waals surface area contributed by atoms with Crippen LogP contribution in [0.5, 0.6) is 0 Å². The Hall–Kier alpha value is -0.610. The average Bonchev–Trinajstić information content (AvgIpc) is 2.12. The Morgan fingerprint density at radius 3 is 2.47 bits per heavy atom. The molecule has 1 amide bonds. The van der Waals surface area contributed by atoms with Gasteiger partial charge in [0.1, 0.15) is 0 Å². The van der Waals surface area contributed by atoms with E-state index in [4.69, 9.17) is 9.84 Å². The fourth-order valence-electron chi connectivity index (χ4n) is 1.31. The third-order valence-electron chi connectivity index (χ3n) is 2.33. The monoisotopic (exact) mass is 217 g/mol. The Morgan fingerprint density at radius 2 is 2.07 bits per heavy atom. The van der Waals surface area contributed by atoms with E-state index >= 15 is 0 Å². The van der Waals surface area contributed by atoms with Crippen LogP contribution in [0.3, 0.4) is 0 Å². The number of carbonyl (C=O) groups excluding carboxylic acids is 1. The number of hydrogen-bond donors (Lipinski definition) is 2. The van der Waals surface area contributed by atoms with Crippen LogP contribution in [-0.4, -0.2) is 37.4 Å². The number of carbonyl (C=O) groups is 1. The molecule has 4 nitrogen and oxygen atoms in total. The highest BCUT2D eigenvalue weighted by atomic mass is 16.5. The van der Waals surface area contributed by atoms with E-state index in [2.05, 4.69) is 5.32 Å². The molecule has 0 aromatic heterocycles. The van der Waals surface area contributed by atoms with E-state index in [1.54, 1.807) is 7.11 Å². The van der Waals surface area contributed by atoms with Crippen molar-refractivity contribution < 1.29 is 14.6 Å². The molecule has 0 fully saturated rings. The van der Waals surface area contributed by atoms with Gasteiger partial charge in [-0.15, -0.1) is 0 Å². The fourth-order valence-corrected chi connectivity index (χ4v) is 1.31. The summed E-state index contributed by atoms with van der Waals surface area (Å²) in [5.74, 6) is -0.0229. The molecule has 0 aromatic carbocycles. The summed E-state index contributed by atoms with van der Waals surface area (Å²) >= 11 is 0. The zero-order chi connectivity index (χ0) is 11.9. The van der Waals surface area contributed by atoms with E-state index in [0.29, 0.717) is 19.4 Å². The van der Waals surface area contributed by atoms with Gasteiger partial charge in [0.25, 0.3) is 0 Å². The summed E-state index contributed by atoms with van der Waals surface area (Å²) in [5, 5.41) is 11.8. The first-order valence-electron chi connectivity index (χ1n) is 5.31. The van der Waals surface area contributed by atoms with Crippen LogP contribution in [-0.2, 0) is 9.53 Å². The minimum Gasteiger partial charge on any atom is -0.396 e. The highest BCUT2D eigenvalue weighted by Gasteiger charge is 2.25. The third kappa shape index (κ3) is 6.47. The smallest absolute Gasteiger partial charge is 0.222 e. The molecule has 0 bridgehead atoms. The summed E-state index contributed by atoms with van der Waals surface area (Å²) in [6, 6.07) is 0.00635. The second kappa shape index (κ2) is 6.80. The summed E-state index contributed by atoms with van der Waals surface area (Å²) in [7, 11) is 1.57. The van der Waals surface area contributed by atoms with Crippen molar-refractivity contribution in [3.05, 3.63) is 0 Å². The molecule has 15 heavy (non-hydrogen) atoms. The zero-order valence-corrected chi connectivity index (χ0v) is 10.2. The Labute approximate surface area is 92.0 Å². The molecule has 1 unspecified atom stereocenters. The molecule has 0 saturated heterocycles. The summed E-state index contributed by atoms with van der Waals surface area (Å²) < 4.78 is 4.83. The van der Waals surface area contributed by atoms with Crippen LogP contribution < -0.4 is 5.32 Å². The van der Waals surface area contributed by atoms with Crippen molar-refractivity contribution in [2.75, 3.05) is 20.3 Å². The Balaban J connectivity index is 4.11. The summed E-state index contributed by atoms with van der Waals surface area (Å²) in [4.78, 5) is 11.5. The maximum atomic E-state index is 11.5. The molecule has 0 saturated carbocycles. The Morgan fingerprint density at radius 1 is 1.47 bits per heavy atom. The van der Waals surface area contributed by atoms with Gasteiger partial charge < -0.3 is 15.2 Å². The minimum atomic E-state index is -0.0362. The third-order valence-corrected chi connectivity index (χ3v) is 2.33. The second-order valence-electron chi connectivity index (χ2n) is 4.74. The highest BCUT2D eigenvalue weighted by molar-refractivity contribution is 5.76. The first-order valence-corrected chi connectivity index (χ1v) is 5.31. The number of ether oxygens (including phenoxy) is 1. The molecule has 4 heteroatoms. The number of aliphatic hydroxyl groups excluding tert-OH is 1. The Bertz CT molecular complexity index is 187. The van der Waals surface area contributed by atoms with Gasteiger partial charge in [-0.2, -0.15) is 0 Å². The predicted octanol–water partition coefficient (Wildman–Crippen LogP) is 0.936. The Kier molecular flexibility index (Phi) is 6.52. The van der Waals surface area contributed by atoms with Crippen molar-refractivity contribution in [3.8, 4) is 0 Å². The molecule has 2 N–H and O–H groups in total. The van der Waals surface area contributed by atoms with Crippen molar-refractivity contribution in [2.45, 2.75) is 39.7 Å². The van der Waals surface area contributed by atoms with Crippen molar-refractivity contribution in [3.63, 3.8) is 0 Å². The van der Waals surface area contributed by atoms with Gasteiger partial charge in [-0.05, 0) is 11.8 Å². The van der Waals surface area contributed by atoms with Crippen LogP contribution in [0, 0.1) is 5.41 Å². The number of nitrogens with one attached hydrogen (secondary N) is 1. The van der Waals surface area contributed by atoms with Gasteiger partial charge in [-0.25, -0.2) is 0 Å². The summed E-state index contributed by atoms with van der Waals surface area (Å²) in [6.45, 7) is 6.66. The molecular formula is C11H23NO3. The van der Waals surface area contributed by atoms with Gasteiger partial charge in [0, 0.05) is 26.2 Å². The predicted molar refractivity (Wildman–Crippen MR) is 59.6 cm³/mol. The largest absolute Gasteiger partial charge is 0.396 e. The van der Waals surface area contributed by atoms with Crippen molar-refractivity contribution in [1.82, 2.24) is 5.32 Å². The number of methoxy groups -OCH3 is 1. The lowest BCUT2D eigenvalue weighted by Crippen LogP contribution is -2.44. The number of amides is 1. The molecule has 0 aliphatic heterocycles. The molecule has 0 radical (unpaired) electrons. The lowest BCUT2D eigenvalue weighted by Gasteiger charge is -2.31. The lowest BCUT2D eigenvalue weighted by atomic mass is 9.85. The first kappa shape index (κ1) is 14.4. The van der Waals surface area contributed by atoms with Crippen LogP contribution in [0.1, 0.15) is 33.6 Å². The molecule has 90 valence electrons. The summed E-state index contributed by atoms with van der Waals surface area (Å²) in [6.07, 6.45) is 0.955. The molecule has 0 heterocycles. The van der Waals surface area contributed by atoms with Gasteiger partial charge in [-0.3, -0.25) is 4.79 Å². The average molecular weight is 217 g/mol. The summed E-state index contributed by atoms with van der Waals surface area (Å²) in [5.41, 5.74) is -0.0362. The van der Waals surface area contributed by atoms with E-state index in [-0.39, 0.29) is 24.0 Å². The zero-order valence-electron chi connectivity index (χ0n) is 10.2. The standard InChI is InChI=1S/C11H23NO3/c1-11(2,3)9(5-7-13)12-10(14)6-8-15-4/h9,13H,5-8H2,1-4H3,(H,12,14). The van der Waals surface area contributed by atoms with E-state index in [1.807, 2.05) is 20.8 Å². The van der Waals surface area contributed by atoms with Gasteiger partial charge in [-0.1, -0.05) is 20.8 Å². The first-order chi connectivity index (χ1) is 6.91. The fraction of sp³-hybridized carbons (Fsp3) is 0.909. The van der Waals surface area contributed by atoms with Gasteiger partial charge in [0.15, 0.2) is 0 Å².